The molecule has 1 aromatic carbocycles. The molecule has 2 aliphatic rings. The van der Waals surface area contributed by atoms with Crippen LogP contribution in [0.2, 0.25) is 0 Å². The van der Waals surface area contributed by atoms with Gasteiger partial charge in [0.2, 0.25) is 11.8 Å². The molecule has 2 saturated heterocycles. The van der Waals surface area contributed by atoms with Crippen LogP contribution < -0.4 is 0 Å². The molecule has 6 heteroatoms. The Morgan fingerprint density at radius 2 is 1.79 bits per heavy atom. The molecule has 1 aromatic heterocycles. The van der Waals surface area contributed by atoms with Gasteiger partial charge in [-0.25, -0.2) is 4.98 Å². The summed E-state index contributed by atoms with van der Waals surface area (Å²) in [5.74, 6) is 0.183. The summed E-state index contributed by atoms with van der Waals surface area (Å²) in [5, 5.41) is 3.01. The van der Waals surface area contributed by atoms with Crippen molar-refractivity contribution < 1.29 is 9.59 Å². The van der Waals surface area contributed by atoms with Gasteiger partial charge in [-0.05, 0) is 37.7 Å². The highest BCUT2D eigenvalue weighted by molar-refractivity contribution is 7.09. The zero-order chi connectivity index (χ0) is 19.3. The van der Waals surface area contributed by atoms with Gasteiger partial charge < -0.3 is 9.80 Å². The van der Waals surface area contributed by atoms with Crippen molar-refractivity contribution in [1.29, 1.82) is 0 Å². The summed E-state index contributed by atoms with van der Waals surface area (Å²) in [5.41, 5.74) is 2.04. The van der Waals surface area contributed by atoms with Crippen molar-refractivity contribution in [2.45, 2.75) is 51.0 Å². The number of hydrogen-bond acceptors (Lipinski definition) is 4. The number of hydrogen-bond donors (Lipinski definition) is 0. The van der Waals surface area contributed by atoms with Crippen LogP contribution >= 0.6 is 11.3 Å². The van der Waals surface area contributed by atoms with E-state index in [1.165, 1.54) is 5.56 Å². The first-order valence-corrected chi connectivity index (χ1v) is 11.1. The molecule has 28 heavy (non-hydrogen) atoms. The monoisotopic (exact) mass is 397 g/mol. The zero-order valence-electron chi connectivity index (χ0n) is 16.2. The summed E-state index contributed by atoms with van der Waals surface area (Å²) >= 11 is 1.60. The fourth-order valence-corrected chi connectivity index (χ4v) is 5.00. The third-order valence-electron chi connectivity index (χ3n) is 5.66. The molecule has 2 aliphatic heterocycles. The highest BCUT2D eigenvalue weighted by Crippen LogP contribution is 2.23. The highest BCUT2D eigenvalue weighted by Gasteiger charge is 2.35. The van der Waals surface area contributed by atoms with E-state index in [9.17, 15) is 9.59 Å². The highest BCUT2D eigenvalue weighted by atomic mass is 32.1. The number of piperidine rings is 1. The molecule has 0 aliphatic carbocycles. The van der Waals surface area contributed by atoms with E-state index in [1.807, 2.05) is 33.4 Å². The summed E-state index contributed by atoms with van der Waals surface area (Å²) < 4.78 is 0. The van der Waals surface area contributed by atoms with Crippen LogP contribution in [0.25, 0.3) is 0 Å². The molecule has 0 radical (unpaired) electrons. The minimum atomic E-state index is -0.276. The lowest BCUT2D eigenvalue weighted by molar-refractivity contribution is -0.146. The number of benzene rings is 1. The van der Waals surface area contributed by atoms with Crippen LogP contribution in [0, 0.1) is 0 Å². The fraction of sp³-hybridized carbons (Fsp3) is 0.500. The van der Waals surface area contributed by atoms with Gasteiger partial charge in [0.15, 0.2) is 0 Å². The molecule has 0 bridgehead atoms. The normalized spacial score (nSPS) is 19.8. The maximum Gasteiger partial charge on any atom is 0.245 e. The molecule has 0 N–H and O–H groups in total. The van der Waals surface area contributed by atoms with Crippen LogP contribution in [0.4, 0.5) is 0 Å². The van der Waals surface area contributed by atoms with Crippen LogP contribution in [0.1, 0.15) is 48.4 Å². The van der Waals surface area contributed by atoms with Crippen LogP contribution in [-0.4, -0.2) is 52.3 Å². The number of likely N-dealkylation sites (tertiary alicyclic amines) is 2. The van der Waals surface area contributed by atoms with Crippen molar-refractivity contribution >= 4 is 23.2 Å². The van der Waals surface area contributed by atoms with E-state index in [1.54, 1.807) is 11.3 Å². The van der Waals surface area contributed by atoms with Crippen molar-refractivity contribution in [3.8, 4) is 0 Å². The smallest absolute Gasteiger partial charge is 0.245 e. The molecule has 2 amide bonds. The largest absolute Gasteiger partial charge is 0.341 e. The lowest BCUT2D eigenvalue weighted by Gasteiger charge is -2.36. The summed E-state index contributed by atoms with van der Waals surface area (Å²) in [6, 6.07) is 9.97. The van der Waals surface area contributed by atoms with Gasteiger partial charge in [-0.1, -0.05) is 30.3 Å². The molecule has 148 valence electrons. The Balaban J connectivity index is 1.39. The second-order valence-corrected chi connectivity index (χ2v) is 8.65. The molecule has 1 atom stereocenters. The molecule has 1 unspecified atom stereocenters. The third-order valence-corrected chi connectivity index (χ3v) is 6.55. The van der Waals surface area contributed by atoms with Crippen molar-refractivity contribution in [2.24, 2.45) is 0 Å². The molecule has 2 fully saturated rings. The maximum absolute atomic E-state index is 13.0. The van der Waals surface area contributed by atoms with E-state index < -0.39 is 0 Å². The minimum absolute atomic E-state index is 0.0359. The van der Waals surface area contributed by atoms with Gasteiger partial charge in [-0.2, -0.15) is 0 Å². The molecule has 5 nitrogen and oxygen atoms in total. The Bertz CT molecular complexity index is 814. The Kier molecular flexibility index (Phi) is 6.05. The SMILES string of the molecule is O=C(C1CCCCN1C(=O)Cc1csc(Cc2ccccc2)n1)N1CCCC1. The van der Waals surface area contributed by atoms with Crippen molar-refractivity contribution in [3.63, 3.8) is 0 Å². The van der Waals surface area contributed by atoms with Crippen molar-refractivity contribution in [1.82, 2.24) is 14.8 Å². The average Bonchev–Trinajstić information content (AvgIpc) is 3.41. The topological polar surface area (TPSA) is 53.5 Å². The Morgan fingerprint density at radius 3 is 2.57 bits per heavy atom. The first-order valence-electron chi connectivity index (χ1n) is 10.3. The standard InChI is InChI=1S/C22H27N3O2S/c26-21(15-18-16-28-20(23-18)14-17-8-2-1-3-9-17)25-13-5-4-10-19(25)22(27)24-11-6-7-12-24/h1-3,8-9,16,19H,4-7,10-15H2. The Labute approximate surface area is 170 Å². The van der Waals surface area contributed by atoms with E-state index in [0.29, 0.717) is 6.54 Å². The molecule has 2 aromatic rings. The van der Waals surface area contributed by atoms with E-state index in [0.717, 1.165) is 62.3 Å². The predicted molar refractivity (Wildman–Crippen MR) is 110 cm³/mol. The minimum Gasteiger partial charge on any atom is -0.341 e. The number of nitrogens with zero attached hydrogens (tertiary/aromatic N) is 3. The number of aromatic nitrogens is 1. The van der Waals surface area contributed by atoms with Crippen molar-refractivity contribution in [2.75, 3.05) is 19.6 Å². The molecule has 4 rings (SSSR count). The second-order valence-electron chi connectivity index (χ2n) is 7.70. The maximum atomic E-state index is 13.0. The van der Waals surface area contributed by atoms with Gasteiger partial charge in [-0.3, -0.25) is 9.59 Å². The number of rotatable bonds is 5. The van der Waals surface area contributed by atoms with Crippen LogP contribution in [0.3, 0.4) is 0 Å². The van der Waals surface area contributed by atoms with E-state index in [2.05, 4.69) is 17.1 Å². The molecule has 0 saturated carbocycles. The molecular formula is C22H27N3O2S. The summed E-state index contributed by atoms with van der Waals surface area (Å²) in [6.07, 6.45) is 6.02. The van der Waals surface area contributed by atoms with E-state index >= 15 is 0 Å². The number of carbonyl (C=O) groups is 2. The van der Waals surface area contributed by atoms with Gasteiger partial charge in [0.1, 0.15) is 6.04 Å². The van der Waals surface area contributed by atoms with Gasteiger partial charge in [0, 0.05) is 31.4 Å². The number of carbonyl (C=O) groups excluding carboxylic acids is 2. The quantitative estimate of drug-likeness (QED) is 0.778. The second kappa shape index (κ2) is 8.86. The average molecular weight is 398 g/mol. The number of amides is 2. The Morgan fingerprint density at radius 1 is 1.04 bits per heavy atom. The van der Waals surface area contributed by atoms with E-state index in [4.69, 9.17) is 0 Å². The van der Waals surface area contributed by atoms with Crippen LogP contribution in [-0.2, 0) is 22.4 Å². The fourth-order valence-electron chi connectivity index (χ4n) is 4.17. The summed E-state index contributed by atoms with van der Waals surface area (Å²) in [4.78, 5) is 34.3. The molecule has 3 heterocycles. The predicted octanol–water partition coefficient (Wildman–Crippen LogP) is 3.28. The lowest BCUT2D eigenvalue weighted by atomic mass is 10.00. The van der Waals surface area contributed by atoms with Crippen molar-refractivity contribution in [3.05, 3.63) is 52.0 Å². The van der Waals surface area contributed by atoms with Gasteiger partial charge in [0.25, 0.3) is 0 Å². The molecular weight excluding hydrogens is 370 g/mol. The van der Waals surface area contributed by atoms with Gasteiger partial charge in [-0.15, -0.1) is 11.3 Å². The first kappa shape index (κ1) is 19.1. The van der Waals surface area contributed by atoms with Gasteiger partial charge >= 0.3 is 0 Å². The molecule has 0 spiro atoms. The summed E-state index contributed by atoms with van der Waals surface area (Å²) in [7, 11) is 0. The lowest BCUT2D eigenvalue weighted by Crippen LogP contribution is -2.53. The zero-order valence-corrected chi connectivity index (χ0v) is 17.0. The van der Waals surface area contributed by atoms with Gasteiger partial charge in [0.05, 0.1) is 17.1 Å². The Hall–Kier alpha value is -2.21. The van der Waals surface area contributed by atoms with E-state index in [-0.39, 0.29) is 24.3 Å². The first-order chi connectivity index (χ1) is 13.7. The summed E-state index contributed by atoms with van der Waals surface area (Å²) in [6.45, 7) is 2.36. The third kappa shape index (κ3) is 4.43. The van der Waals surface area contributed by atoms with Crippen LogP contribution in [0.15, 0.2) is 35.7 Å². The number of thiazole rings is 1. The van der Waals surface area contributed by atoms with Crippen LogP contribution in [0.5, 0.6) is 0 Å².